The molecule has 9 heteroatoms. The quantitative estimate of drug-likeness (QED) is 0.236. The van der Waals surface area contributed by atoms with E-state index in [1.54, 1.807) is 36.0 Å². The number of allylic oxidation sites excluding steroid dienone is 1. The Labute approximate surface area is 181 Å². The van der Waals surface area contributed by atoms with Gasteiger partial charge in [0.05, 0.1) is 23.8 Å². The van der Waals surface area contributed by atoms with E-state index in [1.165, 1.54) is 11.8 Å². The maximum absolute atomic E-state index is 12.9. The zero-order chi connectivity index (χ0) is 21.1. The average molecular weight is 441 g/mol. The monoisotopic (exact) mass is 440 g/mol. The summed E-state index contributed by atoms with van der Waals surface area (Å²) in [7, 11) is 1.60. The van der Waals surface area contributed by atoms with Crippen LogP contribution < -0.4 is 10.3 Å². The van der Waals surface area contributed by atoms with E-state index >= 15 is 0 Å². The van der Waals surface area contributed by atoms with Crippen LogP contribution in [-0.2, 0) is 12.3 Å². The van der Waals surface area contributed by atoms with Crippen molar-refractivity contribution in [1.29, 1.82) is 0 Å². The van der Waals surface area contributed by atoms with E-state index in [-0.39, 0.29) is 5.56 Å². The Hall–Kier alpha value is -3.10. The minimum absolute atomic E-state index is 0.151. The van der Waals surface area contributed by atoms with Crippen molar-refractivity contribution in [3.05, 3.63) is 76.4 Å². The number of hydrogen-bond donors (Lipinski definition) is 0. The molecule has 0 aliphatic heterocycles. The molecule has 152 valence electrons. The third kappa shape index (κ3) is 4.10. The lowest BCUT2D eigenvalue weighted by atomic mass is 10.2. The highest BCUT2D eigenvalue weighted by atomic mass is 35.5. The summed E-state index contributed by atoms with van der Waals surface area (Å²) in [4.78, 5) is 21.9. The van der Waals surface area contributed by atoms with E-state index in [0.717, 1.165) is 5.56 Å². The van der Waals surface area contributed by atoms with E-state index in [2.05, 4.69) is 21.7 Å². The summed E-state index contributed by atoms with van der Waals surface area (Å²) in [6, 6.07) is 12.4. The Balaban J connectivity index is 1.62. The molecule has 0 radical (unpaired) electrons. The van der Waals surface area contributed by atoms with Crippen molar-refractivity contribution in [2.24, 2.45) is 0 Å². The molecule has 0 saturated carbocycles. The van der Waals surface area contributed by atoms with Gasteiger partial charge >= 0.3 is 0 Å². The first-order valence-corrected chi connectivity index (χ1v) is 10.4. The van der Waals surface area contributed by atoms with Crippen LogP contribution in [0.5, 0.6) is 5.75 Å². The number of halogens is 1. The second-order valence-electron chi connectivity index (χ2n) is 6.29. The molecule has 7 nitrogen and oxygen atoms in total. The minimum Gasteiger partial charge on any atom is -0.497 e. The van der Waals surface area contributed by atoms with Gasteiger partial charge in [-0.1, -0.05) is 46.7 Å². The summed E-state index contributed by atoms with van der Waals surface area (Å²) < 4.78 is 12.2. The SMILES string of the molecule is C=CCn1c(SCc2nc(-c3cccc(OC)c3)no2)nc2cc(Cl)ccc2c1=O. The van der Waals surface area contributed by atoms with Gasteiger partial charge in [0.25, 0.3) is 5.56 Å². The number of fused-ring (bicyclic) bond motifs is 1. The van der Waals surface area contributed by atoms with Crippen molar-refractivity contribution in [2.75, 3.05) is 7.11 Å². The Kier molecular flexibility index (Phi) is 5.87. The molecule has 2 aromatic carbocycles. The Bertz CT molecular complexity index is 1280. The molecule has 0 aliphatic rings. The van der Waals surface area contributed by atoms with Gasteiger partial charge < -0.3 is 9.26 Å². The molecule has 0 spiro atoms. The third-order valence-electron chi connectivity index (χ3n) is 4.31. The van der Waals surface area contributed by atoms with E-state index in [4.69, 9.17) is 20.9 Å². The second-order valence-corrected chi connectivity index (χ2v) is 7.67. The lowest BCUT2D eigenvalue weighted by Gasteiger charge is -2.10. The van der Waals surface area contributed by atoms with Gasteiger partial charge in [0.15, 0.2) is 5.16 Å². The van der Waals surface area contributed by atoms with Crippen LogP contribution in [-0.4, -0.2) is 26.8 Å². The topological polar surface area (TPSA) is 83.0 Å². The predicted octanol–water partition coefficient (Wildman–Crippen LogP) is 4.59. The third-order valence-corrected chi connectivity index (χ3v) is 5.51. The molecule has 0 N–H and O–H groups in total. The Morgan fingerprint density at radius 3 is 2.93 bits per heavy atom. The van der Waals surface area contributed by atoms with Crippen LogP contribution in [0.2, 0.25) is 5.02 Å². The highest BCUT2D eigenvalue weighted by Gasteiger charge is 2.14. The van der Waals surface area contributed by atoms with Crippen molar-refractivity contribution in [1.82, 2.24) is 19.7 Å². The predicted molar refractivity (Wildman–Crippen MR) is 117 cm³/mol. The van der Waals surface area contributed by atoms with Gasteiger partial charge in [0, 0.05) is 17.1 Å². The molecular formula is C21H17ClN4O3S. The molecule has 0 saturated heterocycles. The second kappa shape index (κ2) is 8.73. The highest BCUT2D eigenvalue weighted by molar-refractivity contribution is 7.98. The summed E-state index contributed by atoms with van der Waals surface area (Å²) in [5.74, 6) is 1.95. The normalized spacial score (nSPS) is 11.0. The molecule has 4 aromatic rings. The number of methoxy groups -OCH3 is 1. The van der Waals surface area contributed by atoms with Crippen LogP contribution in [0.25, 0.3) is 22.3 Å². The van der Waals surface area contributed by atoms with Crippen LogP contribution in [0.1, 0.15) is 5.89 Å². The first-order valence-electron chi connectivity index (χ1n) is 9.00. The average Bonchev–Trinajstić information content (AvgIpc) is 3.23. The lowest BCUT2D eigenvalue weighted by molar-refractivity contribution is 0.391. The number of thioether (sulfide) groups is 1. The number of hydrogen-bond acceptors (Lipinski definition) is 7. The molecule has 30 heavy (non-hydrogen) atoms. The summed E-state index contributed by atoms with van der Waals surface area (Å²) in [6.45, 7) is 4.07. The van der Waals surface area contributed by atoms with Crippen LogP contribution in [0.4, 0.5) is 0 Å². The maximum atomic E-state index is 12.9. The van der Waals surface area contributed by atoms with Gasteiger partial charge in [0.2, 0.25) is 11.7 Å². The lowest BCUT2D eigenvalue weighted by Crippen LogP contribution is -2.22. The standard InChI is InChI=1S/C21H17ClN4O3S/c1-3-9-26-20(27)16-8-7-14(22)11-17(16)23-21(26)30-12-18-24-19(25-29-18)13-5-4-6-15(10-13)28-2/h3-8,10-11H,1,9,12H2,2H3. The number of rotatable bonds is 7. The van der Waals surface area contributed by atoms with E-state index in [0.29, 0.717) is 50.8 Å². The zero-order valence-electron chi connectivity index (χ0n) is 16.0. The van der Waals surface area contributed by atoms with Gasteiger partial charge in [-0.3, -0.25) is 9.36 Å². The van der Waals surface area contributed by atoms with Crippen molar-refractivity contribution in [3.8, 4) is 17.1 Å². The maximum Gasteiger partial charge on any atom is 0.262 e. The summed E-state index contributed by atoms with van der Waals surface area (Å²) in [5, 5.41) is 5.58. The van der Waals surface area contributed by atoms with Crippen molar-refractivity contribution in [2.45, 2.75) is 17.5 Å². The van der Waals surface area contributed by atoms with Gasteiger partial charge in [-0.15, -0.1) is 6.58 Å². The smallest absolute Gasteiger partial charge is 0.262 e. The minimum atomic E-state index is -0.151. The Morgan fingerprint density at radius 2 is 2.13 bits per heavy atom. The van der Waals surface area contributed by atoms with Crippen LogP contribution in [0, 0.1) is 0 Å². The number of benzene rings is 2. The fraction of sp³-hybridized carbons (Fsp3) is 0.143. The van der Waals surface area contributed by atoms with Crippen molar-refractivity contribution < 1.29 is 9.26 Å². The number of nitrogens with zero attached hydrogens (tertiary/aromatic N) is 4. The zero-order valence-corrected chi connectivity index (χ0v) is 17.6. The van der Waals surface area contributed by atoms with Crippen LogP contribution in [0.15, 0.2) is 69.6 Å². The summed E-state index contributed by atoms with van der Waals surface area (Å²) in [5.41, 5.74) is 1.18. The molecule has 4 rings (SSSR count). The number of aromatic nitrogens is 4. The molecule has 0 aliphatic carbocycles. The first-order chi connectivity index (χ1) is 14.6. The first kappa shape index (κ1) is 20.2. The van der Waals surface area contributed by atoms with Gasteiger partial charge in [-0.05, 0) is 30.3 Å². The fourth-order valence-corrected chi connectivity index (χ4v) is 3.91. The van der Waals surface area contributed by atoms with E-state index < -0.39 is 0 Å². The van der Waals surface area contributed by atoms with Crippen molar-refractivity contribution in [3.63, 3.8) is 0 Å². The molecule has 0 bridgehead atoms. The van der Waals surface area contributed by atoms with Crippen LogP contribution in [0.3, 0.4) is 0 Å². The molecule has 0 amide bonds. The molecular weight excluding hydrogens is 424 g/mol. The van der Waals surface area contributed by atoms with Crippen molar-refractivity contribution >= 4 is 34.3 Å². The van der Waals surface area contributed by atoms with E-state index in [9.17, 15) is 4.79 Å². The highest BCUT2D eigenvalue weighted by Crippen LogP contribution is 2.25. The molecule has 2 heterocycles. The summed E-state index contributed by atoms with van der Waals surface area (Å²) >= 11 is 7.40. The largest absolute Gasteiger partial charge is 0.497 e. The van der Waals surface area contributed by atoms with Gasteiger partial charge in [-0.25, -0.2) is 4.98 Å². The van der Waals surface area contributed by atoms with Gasteiger partial charge in [0.1, 0.15) is 5.75 Å². The summed E-state index contributed by atoms with van der Waals surface area (Å²) in [6.07, 6.45) is 1.66. The molecule has 0 atom stereocenters. The molecule has 0 unspecified atom stereocenters. The number of ether oxygens (including phenoxy) is 1. The van der Waals surface area contributed by atoms with Crippen LogP contribution >= 0.6 is 23.4 Å². The van der Waals surface area contributed by atoms with Gasteiger partial charge in [-0.2, -0.15) is 4.98 Å². The fourth-order valence-electron chi connectivity index (χ4n) is 2.89. The van der Waals surface area contributed by atoms with E-state index in [1.807, 2.05) is 24.3 Å². The Morgan fingerprint density at radius 1 is 1.27 bits per heavy atom. The molecule has 0 fully saturated rings. The molecule has 2 aromatic heterocycles.